The summed E-state index contributed by atoms with van der Waals surface area (Å²) in [6.45, 7) is 12.1. The van der Waals surface area contributed by atoms with Crippen molar-refractivity contribution < 1.29 is 14.6 Å². The predicted molar refractivity (Wildman–Crippen MR) is 131 cm³/mol. The molecule has 0 aromatic rings. The van der Waals surface area contributed by atoms with Gasteiger partial charge < -0.3 is 9.84 Å². The Bertz CT molecular complexity index is 732. The van der Waals surface area contributed by atoms with Gasteiger partial charge in [-0.25, -0.2) is 4.79 Å². The van der Waals surface area contributed by atoms with Gasteiger partial charge in [-0.2, -0.15) is 0 Å². The van der Waals surface area contributed by atoms with E-state index in [9.17, 15) is 9.90 Å². The lowest BCUT2D eigenvalue weighted by molar-refractivity contribution is -0.107. The molecule has 1 unspecified atom stereocenters. The van der Waals surface area contributed by atoms with Crippen LogP contribution >= 0.6 is 11.6 Å². The van der Waals surface area contributed by atoms with Gasteiger partial charge in [-0.05, 0) is 79.4 Å². The normalized spacial score (nSPS) is 44.3. The Labute approximate surface area is 200 Å². The van der Waals surface area contributed by atoms with Gasteiger partial charge in [0.05, 0.1) is 6.10 Å². The monoisotopic (exact) mass is 464 g/mol. The lowest BCUT2D eigenvalue weighted by Crippen LogP contribution is -2.56. The molecule has 0 aromatic heterocycles. The van der Waals surface area contributed by atoms with Crippen LogP contribution in [0.2, 0.25) is 0 Å². The van der Waals surface area contributed by atoms with Crippen LogP contribution in [0.3, 0.4) is 0 Å². The summed E-state index contributed by atoms with van der Waals surface area (Å²) in [5.41, 5.74) is 0.825. The lowest BCUT2D eigenvalue weighted by atomic mass is 9.46. The average Bonchev–Trinajstić information content (AvgIpc) is 3.05. The molecule has 0 aliphatic heterocycles. The van der Waals surface area contributed by atoms with Crippen molar-refractivity contribution >= 4 is 17.0 Å². The van der Waals surface area contributed by atoms with E-state index in [0.29, 0.717) is 30.1 Å². The number of rotatable bonds is 6. The number of hydrogen-bond donors (Lipinski definition) is 1. The first kappa shape index (κ1) is 24.6. The van der Waals surface area contributed by atoms with E-state index in [-0.39, 0.29) is 11.5 Å². The second-order valence-electron chi connectivity index (χ2n) is 12.6. The molecular weight excluding hydrogens is 420 g/mol. The maximum atomic E-state index is 11.7. The van der Waals surface area contributed by atoms with E-state index in [2.05, 4.69) is 40.7 Å². The van der Waals surface area contributed by atoms with E-state index in [0.717, 1.165) is 30.1 Å². The standard InChI is InChI=1S/C28H45ClO3/c1-17(2)7-6-8-18(3)22-11-12-23-21-10-9-19-15-20(30)16-25(32-26(29)31)28(19,5)24(21)13-14-27(22,23)4/h9,17-18,20-25,30H,6-8,10-16H2,1-5H3/t18-,20-,21+,22-,23+,24+,25?,27-,28+/m1/s1. The van der Waals surface area contributed by atoms with Crippen LogP contribution in [0.4, 0.5) is 4.79 Å². The molecule has 3 nitrogen and oxygen atoms in total. The summed E-state index contributed by atoms with van der Waals surface area (Å²) < 4.78 is 5.67. The molecule has 0 bridgehead atoms. The Morgan fingerprint density at radius 2 is 1.94 bits per heavy atom. The quantitative estimate of drug-likeness (QED) is 0.323. The predicted octanol–water partition coefficient (Wildman–Crippen LogP) is 7.74. The van der Waals surface area contributed by atoms with Gasteiger partial charge in [-0.1, -0.05) is 65.5 Å². The van der Waals surface area contributed by atoms with Gasteiger partial charge in [0.15, 0.2) is 0 Å². The highest BCUT2D eigenvalue weighted by Gasteiger charge is 2.61. The Morgan fingerprint density at radius 1 is 1.19 bits per heavy atom. The molecule has 4 aliphatic carbocycles. The van der Waals surface area contributed by atoms with Crippen LogP contribution < -0.4 is 0 Å². The number of carbonyl (C=O) groups is 1. The van der Waals surface area contributed by atoms with Crippen LogP contribution in [-0.4, -0.2) is 22.7 Å². The van der Waals surface area contributed by atoms with E-state index >= 15 is 0 Å². The molecule has 1 N–H and O–H groups in total. The summed E-state index contributed by atoms with van der Waals surface area (Å²) in [6, 6.07) is 0. The number of halogens is 1. The van der Waals surface area contributed by atoms with Crippen LogP contribution in [0.1, 0.15) is 98.8 Å². The molecule has 3 fully saturated rings. The number of fused-ring (bicyclic) bond motifs is 5. The molecule has 3 saturated carbocycles. The number of carbonyl (C=O) groups excluding carboxylic acids is 1. The first-order valence-corrected chi connectivity index (χ1v) is 13.7. The molecule has 9 atom stereocenters. The molecule has 0 amide bonds. The van der Waals surface area contributed by atoms with Crippen molar-refractivity contribution in [2.24, 2.45) is 46.3 Å². The van der Waals surface area contributed by atoms with Crippen LogP contribution in [0.5, 0.6) is 0 Å². The average molecular weight is 465 g/mol. The molecular formula is C28H45ClO3. The Balaban J connectivity index is 1.55. The van der Waals surface area contributed by atoms with Crippen LogP contribution in [0, 0.1) is 46.3 Å². The Hall–Kier alpha value is -0.540. The zero-order chi connectivity index (χ0) is 23.3. The van der Waals surface area contributed by atoms with Crippen molar-refractivity contribution in [1.29, 1.82) is 0 Å². The molecule has 182 valence electrons. The van der Waals surface area contributed by atoms with Crippen molar-refractivity contribution in [2.75, 3.05) is 0 Å². The summed E-state index contributed by atoms with van der Waals surface area (Å²) in [5.74, 6) is 4.38. The van der Waals surface area contributed by atoms with Gasteiger partial charge in [-0.3, -0.25) is 0 Å². The summed E-state index contributed by atoms with van der Waals surface area (Å²) >= 11 is 5.69. The van der Waals surface area contributed by atoms with Gasteiger partial charge >= 0.3 is 5.43 Å². The third-order valence-corrected chi connectivity index (χ3v) is 10.7. The molecule has 0 spiro atoms. The van der Waals surface area contributed by atoms with Gasteiger partial charge in [0.25, 0.3) is 0 Å². The Morgan fingerprint density at radius 3 is 2.62 bits per heavy atom. The second kappa shape index (κ2) is 9.25. The number of hydrogen-bond acceptors (Lipinski definition) is 3. The molecule has 0 heterocycles. The molecule has 4 aliphatic rings. The molecule has 32 heavy (non-hydrogen) atoms. The molecule has 4 heteroatoms. The van der Waals surface area contributed by atoms with Gasteiger partial charge in [0.2, 0.25) is 0 Å². The van der Waals surface area contributed by atoms with E-state index in [1.807, 2.05) is 0 Å². The highest BCUT2D eigenvalue weighted by atomic mass is 35.5. The number of aliphatic hydroxyl groups excluding tert-OH is 1. The van der Waals surface area contributed by atoms with Crippen molar-refractivity contribution in [3.05, 3.63) is 11.6 Å². The smallest absolute Gasteiger partial charge is 0.404 e. The van der Waals surface area contributed by atoms with Gasteiger partial charge in [0.1, 0.15) is 6.10 Å². The molecule has 4 rings (SSSR count). The maximum absolute atomic E-state index is 11.7. The summed E-state index contributed by atoms with van der Waals surface area (Å²) in [6.07, 6.45) is 13.3. The second-order valence-corrected chi connectivity index (χ2v) is 12.9. The molecule has 0 aromatic carbocycles. The fraction of sp³-hybridized carbons (Fsp3) is 0.893. The first-order valence-electron chi connectivity index (χ1n) is 13.3. The van der Waals surface area contributed by atoms with E-state index in [4.69, 9.17) is 16.3 Å². The lowest BCUT2D eigenvalue weighted by Gasteiger charge is -2.59. The van der Waals surface area contributed by atoms with Crippen LogP contribution in [-0.2, 0) is 4.74 Å². The van der Waals surface area contributed by atoms with E-state index in [1.54, 1.807) is 0 Å². The van der Waals surface area contributed by atoms with E-state index < -0.39 is 11.5 Å². The zero-order valence-electron chi connectivity index (χ0n) is 20.9. The van der Waals surface area contributed by atoms with Crippen molar-refractivity contribution in [3.8, 4) is 0 Å². The summed E-state index contributed by atoms with van der Waals surface area (Å²) in [5, 5.41) is 10.5. The zero-order valence-corrected chi connectivity index (χ0v) is 21.7. The maximum Gasteiger partial charge on any atom is 0.404 e. The molecule has 0 saturated heterocycles. The minimum atomic E-state index is -0.733. The fourth-order valence-electron chi connectivity index (χ4n) is 8.98. The van der Waals surface area contributed by atoms with Crippen molar-refractivity contribution in [1.82, 2.24) is 0 Å². The number of aliphatic hydroxyl groups is 1. The SMILES string of the molecule is CC(C)CCC[C@@H](C)[C@H]1CC[C@H]2[C@@H]3CC=C4C[C@@H](O)CC(OC(=O)Cl)[C@]4(C)[C@H]3CC[C@]12C. The van der Waals surface area contributed by atoms with Crippen molar-refractivity contribution in [3.63, 3.8) is 0 Å². The summed E-state index contributed by atoms with van der Waals surface area (Å²) in [7, 11) is 0. The fourth-order valence-corrected chi connectivity index (χ4v) is 9.09. The topological polar surface area (TPSA) is 46.5 Å². The molecule has 0 radical (unpaired) electrons. The van der Waals surface area contributed by atoms with Crippen LogP contribution in [0.25, 0.3) is 0 Å². The number of allylic oxidation sites excluding steroid dienone is 1. The minimum absolute atomic E-state index is 0.186. The minimum Gasteiger partial charge on any atom is -0.449 e. The first-order chi connectivity index (χ1) is 15.1. The van der Waals surface area contributed by atoms with Gasteiger partial charge in [-0.15, -0.1) is 0 Å². The van der Waals surface area contributed by atoms with Gasteiger partial charge in [0, 0.05) is 23.4 Å². The highest BCUT2D eigenvalue weighted by Crippen LogP contribution is 2.67. The third kappa shape index (κ3) is 4.19. The van der Waals surface area contributed by atoms with Crippen LogP contribution in [0.15, 0.2) is 11.6 Å². The Kier molecular flexibility index (Phi) is 7.11. The summed E-state index contributed by atoms with van der Waals surface area (Å²) in [4.78, 5) is 11.7. The van der Waals surface area contributed by atoms with E-state index in [1.165, 1.54) is 50.5 Å². The number of ether oxygens (including phenoxy) is 1. The van der Waals surface area contributed by atoms with Crippen molar-refractivity contribution in [2.45, 2.75) is 111 Å². The highest BCUT2D eigenvalue weighted by molar-refractivity contribution is 6.61. The third-order valence-electron chi connectivity index (χ3n) is 10.6. The largest absolute Gasteiger partial charge is 0.449 e.